The molecule has 0 saturated carbocycles. The Morgan fingerprint density at radius 1 is 1.07 bits per heavy atom. The molecule has 6 nitrogen and oxygen atoms in total. The molecule has 0 unspecified atom stereocenters. The van der Waals surface area contributed by atoms with Crippen LogP contribution in [0.1, 0.15) is 15.9 Å². The van der Waals surface area contributed by atoms with Crippen molar-refractivity contribution in [1.29, 1.82) is 0 Å². The molecule has 1 N–H and O–H groups in total. The summed E-state index contributed by atoms with van der Waals surface area (Å²) in [4.78, 5) is 21.8. The van der Waals surface area contributed by atoms with Gasteiger partial charge in [-0.05, 0) is 31.2 Å². The van der Waals surface area contributed by atoms with Gasteiger partial charge in [0.15, 0.2) is 5.65 Å². The van der Waals surface area contributed by atoms with Crippen molar-refractivity contribution in [2.24, 2.45) is 0 Å². The molecule has 2 aromatic heterocycles. The van der Waals surface area contributed by atoms with Gasteiger partial charge in [-0.15, -0.1) is 0 Å². The van der Waals surface area contributed by atoms with Gasteiger partial charge in [-0.2, -0.15) is 0 Å². The number of imidazole rings is 1. The first-order chi connectivity index (χ1) is 14.2. The Morgan fingerprint density at radius 2 is 1.86 bits per heavy atom. The quantitative estimate of drug-likeness (QED) is 0.547. The smallest absolute Gasteiger partial charge is 0.255 e. The van der Waals surface area contributed by atoms with E-state index in [1.54, 1.807) is 25.4 Å². The summed E-state index contributed by atoms with van der Waals surface area (Å²) in [7, 11) is 1.56. The van der Waals surface area contributed by atoms with Crippen molar-refractivity contribution in [3.8, 4) is 17.1 Å². The fraction of sp³-hybridized carbons (Fsp3) is 0.174. The maximum Gasteiger partial charge on any atom is 0.255 e. The van der Waals surface area contributed by atoms with Gasteiger partial charge in [-0.1, -0.05) is 42.0 Å². The highest BCUT2D eigenvalue weighted by atomic mass is 16.5. The third-order valence-corrected chi connectivity index (χ3v) is 4.79. The van der Waals surface area contributed by atoms with E-state index in [1.165, 1.54) is 5.56 Å². The highest BCUT2D eigenvalue weighted by molar-refractivity contribution is 5.96. The summed E-state index contributed by atoms with van der Waals surface area (Å²) < 4.78 is 7.32. The Balaban J connectivity index is 1.58. The van der Waals surface area contributed by atoms with Gasteiger partial charge >= 0.3 is 0 Å². The van der Waals surface area contributed by atoms with E-state index in [1.807, 2.05) is 28.8 Å². The van der Waals surface area contributed by atoms with Crippen molar-refractivity contribution in [2.75, 3.05) is 13.7 Å². The molecule has 0 aliphatic rings. The summed E-state index contributed by atoms with van der Waals surface area (Å²) in [6, 6.07) is 19.3. The Morgan fingerprint density at radius 3 is 2.66 bits per heavy atom. The maximum atomic E-state index is 12.6. The van der Waals surface area contributed by atoms with Crippen LogP contribution in [0.2, 0.25) is 0 Å². The number of para-hydroxylation sites is 1. The predicted molar refractivity (Wildman–Crippen MR) is 113 cm³/mol. The lowest BCUT2D eigenvalue weighted by Gasteiger charge is -2.11. The molecule has 146 valence electrons. The number of aryl methyl sites for hydroxylation is 1. The van der Waals surface area contributed by atoms with Crippen LogP contribution in [-0.4, -0.2) is 34.1 Å². The Kier molecular flexibility index (Phi) is 5.24. The van der Waals surface area contributed by atoms with E-state index in [9.17, 15) is 4.79 Å². The fourth-order valence-electron chi connectivity index (χ4n) is 3.30. The van der Waals surface area contributed by atoms with E-state index in [0.29, 0.717) is 24.4 Å². The van der Waals surface area contributed by atoms with Crippen LogP contribution < -0.4 is 10.1 Å². The molecule has 1 amide bonds. The maximum absolute atomic E-state index is 12.6. The van der Waals surface area contributed by atoms with E-state index in [0.717, 1.165) is 22.6 Å². The summed E-state index contributed by atoms with van der Waals surface area (Å²) in [5, 5.41) is 2.97. The van der Waals surface area contributed by atoms with E-state index in [4.69, 9.17) is 9.72 Å². The third-order valence-electron chi connectivity index (χ3n) is 4.79. The van der Waals surface area contributed by atoms with Crippen LogP contribution >= 0.6 is 0 Å². The van der Waals surface area contributed by atoms with Crippen LogP contribution in [0.15, 0.2) is 66.9 Å². The molecule has 0 aliphatic carbocycles. The highest BCUT2D eigenvalue weighted by Crippen LogP contribution is 2.24. The SMILES string of the molecule is COc1ccccc1C(=O)NCCn1c(-c2ccc(C)cc2)nc2cccnc21. The first-order valence-corrected chi connectivity index (χ1v) is 9.47. The number of carbonyl (C=O) groups excluding carboxylic acids is 1. The Labute approximate surface area is 169 Å². The second kappa shape index (κ2) is 8.14. The van der Waals surface area contributed by atoms with Crippen molar-refractivity contribution in [3.05, 3.63) is 78.0 Å². The number of benzene rings is 2. The van der Waals surface area contributed by atoms with Crippen LogP contribution in [-0.2, 0) is 6.54 Å². The number of amides is 1. The Bertz CT molecular complexity index is 1150. The van der Waals surface area contributed by atoms with Gasteiger partial charge < -0.3 is 14.6 Å². The van der Waals surface area contributed by atoms with Gasteiger partial charge in [0, 0.05) is 24.8 Å². The van der Waals surface area contributed by atoms with Crippen molar-refractivity contribution < 1.29 is 9.53 Å². The number of carbonyl (C=O) groups is 1. The molecule has 2 aromatic carbocycles. The molecule has 0 bridgehead atoms. The zero-order valence-corrected chi connectivity index (χ0v) is 16.4. The lowest BCUT2D eigenvalue weighted by molar-refractivity contribution is 0.0949. The first kappa shape index (κ1) is 18.7. The molecule has 2 heterocycles. The van der Waals surface area contributed by atoms with Gasteiger partial charge in [0.25, 0.3) is 5.91 Å². The molecule has 4 rings (SSSR count). The number of pyridine rings is 1. The number of hydrogen-bond donors (Lipinski definition) is 1. The van der Waals surface area contributed by atoms with E-state index in [2.05, 4.69) is 41.5 Å². The van der Waals surface area contributed by atoms with Crippen LogP contribution in [0.5, 0.6) is 5.75 Å². The number of aromatic nitrogens is 3. The summed E-state index contributed by atoms with van der Waals surface area (Å²) in [5.41, 5.74) is 4.36. The zero-order chi connectivity index (χ0) is 20.2. The van der Waals surface area contributed by atoms with Crippen molar-refractivity contribution in [3.63, 3.8) is 0 Å². The van der Waals surface area contributed by atoms with Crippen LogP contribution in [0, 0.1) is 6.92 Å². The number of fused-ring (bicyclic) bond motifs is 1. The number of ether oxygens (including phenoxy) is 1. The molecule has 0 fully saturated rings. The van der Waals surface area contributed by atoms with Gasteiger partial charge in [-0.3, -0.25) is 4.79 Å². The van der Waals surface area contributed by atoms with Gasteiger partial charge in [0.1, 0.15) is 17.1 Å². The molecular formula is C23H22N4O2. The second-order valence-corrected chi connectivity index (χ2v) is 6.76. The topological polar surface area (TPSA) is 69.0 Å². The molecule has 0 saturated heterocycles. The van der Waals surface area contributed by atoms with Crippen molar-refractivity contribution >= 4 is 17.1 Å². The average molecular weight is 386 g/mol. The summed E-state index contributed by atoms with van der Waals surface area (Å²) in [5.74, 6) is 1.22. The average Bonchev–Trinajstić information content (AvgIpc) is 3.13. The molecule has 0 spiro atoms. The monoisotopic (exact) mass is 386 g/mol. The minimum atomic E-state index is -0.170. The number of nitrogens with one attached hydrogen (secondary N) is 1. The van der Waals surface area contributed by atoms with E-state index < -0.39 is 0 Å². The van der Waals surface area contributed by atoms with Gasteiger partial charge in [0.05, 0.1) is 12.7 Å². The first-order valence-electron chi connectivity index (χ1n) is 9.47. The van der Waals surface area contributed by atoms with Crippen LogP contribution in [0.25, 0.3) is 22.6 Å². The van der Waals surface area contributed by atoms with Crippen molar-refractivity contribution in [1.82, 2.24) is 19.9 Å². The molecule has 6 heteroatoms. The molecule has 0 aliphatic heterocycles. The number of methoxy groups -OCH3 is 1. The van der Waals surface area contributed by atoms with Crippen LogP contribution in [0.3, 0.4) is 0 Å². The third kappa shape index (κ3) is 3.82. The molecule has 0 radical (unpaired) electrons. The molecule has 0 atom stereocenters. The van der Waals surface area contributed by atoms with E-state index in [-0.39, 0.29) is 5.91 Å². The standard InChI is InChI=1S/C23H22N4O2/c1-16-9-11-17(12-10-16)21-26-19-7-5-13-24-22(19)27(21)15-14-25-23(28)18-6-3-4-8-20(18)29-2/h3-13H,14-15H2,1-2H3,(H,25,28). The van der Waals surface area contributed by atoms with Gasteiger partial charge in [-0.25, -0.2) is 9.97 Å². The Hall–Kier alpha value is -3.67. The lowest BCUT2D eigenvalue weighted by Crippen LogP contribution is -2.27. The fourth-order valence-corrected chi connectivity index (χ4v) is 3.30. The number of rotatable bonds is 6. The number of hydrogen-bond acceptors (Lipinski definition) is 4. The van der Waals surface area contributed by atoms with Crippen LogP contribution in [0.4, 0.5) is 0 Å². The lowest BCUT2D eigenvalue weighted by atomic mass is 10.1. The van der Waals surface area contributed by atoms with Crippen molar-refractivity contribution in [2.45, 2.75) is 13.5 Å². The zero-order valence-electron chi connectivity index (χ0n) is 16.4. The molecular weight excluding hydrogens is 364 g/mol. The minimum Gasteiger partial charge on any atom is -0.496 e. The second-order valence-electron chi connectivity index (χ2n) is 6.76. The van der Waals surface area contributed by atoms with Gasteiger partial charge in [0.2, 0.25) is 0 Å². The number of nitrogens with zero attached hydrogens (tertiary/aromatic N) is 3. The molecule has 29 heavy (non-hydrogen) atoms. The normalized spacial score (nSPS) is 10.8. The molecule has 4 aromatic rings. The summed E-state index contributed by atoms with van der Waals surface area (Å²) >= 11 is 0. The predicted octanol–water partition coefficient (Wildman–Crippen LogP) is 3.85. The summed E-state index contributed by atoms with van der Waals surface area (Å²) in [6.07, 6.45) is 1.76. The van der Waals surface area contributed by atoms with E-state index >= 15 is 0 Å². The minimum absolute atomic E-state index is 0.170. The highest BCUT2D eigenvalue weighted by Gasteiger charge is 2.15. The summed E-state index contributed by atoms with van der Waals surface area (Å²) in [6.45, 7) is 3.05. The largest absolute Gasteiger partial charge is 0.496 e.